The molecule has 96 valence electrons. The minimum absolute atomic E-state index is 0.241. The lowest BCUT2D eigenvalue weighted by Gasteiger charge is -1.92. The number of hydrogen-bond donors (Lipinski definition) is 2. The number of carboxylic acid groups (broad SMARTS) is 1. The Morgan fingerprint density at radius 1 is 1.42 bits per heavy atom. The number of aryl methyl sites for hydroxylation is 2. The van der Waals surface area contributed by atoms with E-state index < -0.39 is 5.97 Å². The average Bonchev–Trinajstić information content (AvgIpc) is 2.90. The number of hydrogen-bond acceptors (Lipinski definition) is 3. The zero-order chi connectivity index (χ0) is 13.6. The summed E-state index contributed by atoms with van der Waals surface area (Å²) in [5.41, 5.74) is 3.47. The van der Waals surface area contributed by atoms with Gasteiger partial charge in [0, 0.05) is 13.2 Å². The zero-order valence-corrected chi connectivity index (χ0v) is 10.5. The number of nitrogens with one attached hydrogen (secondary N) is 1. The molecule has 6 nitrogen and oxygen atoms in total. The summed E-state index contributed by atoms with van der Waals surface area (Å²) >= 11 is 0. The van der Waals surface area contributed by atoms with E-state index in [2.05, 4.69) is 15.1 Å². The Balaban J connectivity index is 2.16. The molecular weight excluding hydrogens is 244 g/mol. The summed E-state index contributed by atoms with van der Waals surface area (Å²) in [7, 11) is 1.85. The van der Waals surface area contributed by atoms with Crippen LogP contribution in [0.2, 0.25) is 0 Å². The lowest BCUT2D eigenvalue weighted by molar-refractivity contribution is 0.0697. The Morgan fingerprint density at radius 3 is 2.84 bits per heavy atom. The highest BCUT2D eigenvalue weighted by molar-refractivity contribution is 5.93. The number of benzene rings is 1. The third-order valence-electron chi connectivity index (χ3n) is 3.00. The molecule has 0 amide bonds. The standard InChI is InChI=1S/C13H12N4O2/c1-7-9(6-17(2)16-7)12-14-10-4-3-8(13(18)19)5-11(10)15-12/h3-6H,1-2H3,(H,14,15)(H,18,19). The molecule has 0 unspecified atom stereocenters. The quantitative estimate of drug-likeness (QED) is 0.734. The van der Waals surface area contributed by atoms with E-state index >= 15 is 0 Å². The van der Waals surface area contributed by atoms with Crippen molar-refractivity contribution < 1.29 is 9.90 Å². The third-order valence-corrected chi connectivity index (χ3v) is 3.00. The van der Waals surface area contributed by atoms with Crippen LogP contribution in [0.25, 0.3) is 22.4 Å². The second-order valence-electron chi connectivity index (χ2n) is 4.42. The van der Waals surface area contributed by atoms with Gasteiger partial charge >= 0.3 is 5.97 Å². The molecule has 2 heterocycles. The molecule has 0 saturated heterocycles. The summed E-state index contributed by atoms with van der Waals surface area (Å²) < 4.78 is 1.72. The lowest BCUT2D eigenvalue weighted by atomic mass is 10.2. The molecule has 2 N–H and O–H groups in total. The summed E-state index contributed by atoms with van der Waals surface area (Å²) in [4.78, 5) is 18.5. The molecule has 0 spiro atoms. The maximum Gasteiger partial charge on any atom is 0.335 e. The minimum Gasteiger partial charge on any atom is -0.478 e. The Kier molecular flexibility index (Phi) is 2.38. The van der Waals surface area contributed by atoms with Crippen LogP contribution in [0.4, 0.5) is 0 Å². The van der Waals surface area contributed by atoms with Crippen molar-refractivity contribution in [1.29, 1.82) is 0 Å². The highest BCUT2D eigenvalue weighted by Gasteiger charge is 2.12. The van der Waals surface area contributed by atoms with Crippen molar-refractivity contribution in [2.24, 2.45) is 7.05 Å². The predicted molar refractivity (Wildman–Crippen MR) is 70.0 cm³/mol. The number of aromatic carboxylic acids is 1. The van der Waals surface area contributed by atoms with Crippen LogP contribution >= 0.6 is 0 Å². The number of carbonyl (C=O) groups is 1. The van der Waals surface area contributed by atoms with Crippen LogP contribution in [-0.2, 0) is 7.05 Å². The number of rotatable bonds is 2. The van der Waals surface area contributed by atoms with Gasteiger partial charge in [-0.05, 0) is 25.1 Å². The molecule has 0 saturated carbocycles. The molecule has 0 aliphatic rings. The molecule has 19 heavy (non-hydrogen) atoms. The Labute approximate surface area is 108 Å². The van der Waals surface area contributed by atoms with Gasteiger partial charge in [-0.25, -0.2) is 9.78 Å². The van der Waals surface area contributed by atoms with Gasteiger partial charge in [-0.3, -0.25) is 4.68 Å². The van der Waals surface area contributed by atoms with Crippen LogP contribution in [-0.4, -0.2) is 30.8 Å². The van der Waals surface area contributed by atoms with Crippen LogP contribution in [0, 0.1) is 6.92 Å². The van der Waals surface area contributed by atoms with Gasteiger partial charge in [-0.15, -0.1) is 0 Å². The summed E-state index contributed by atoms with van der Waals surface area (Å²) in [5.74, 6) is -0.251. The van der Waals surface area contributed by atoms with Crippen LogP contribution in [0.5, 0.6) is 0 Å². The number of fused-ring (bicyclic) bond motifs is 1. The van der Waals surface area contributed by atoms with Crippen molar-refractivity contribution in [3.05, 3.63) is 35.7 Å². The van der Waals surface area contributed by atoms with E-state index in [-0.39, 0.29) is 5.56 Å². The number of H-pyrrole nitrogens is 1. The fourth-order valence-electron chi connectivity index (χ4n) is 2.10. The summed E-state index contributed by atoms with van der Waals surface area (Å²) in [6.45, 7) is 1.91. The third kappa shape index (κ3) is 1.87. The molecule has 0 aliphatic heterocycles. The minimum atomic E-state index is -0.949. The van der Waals surface area contributed by atoms with E-state index in [0.717, 1.165) is 16.8 Å². The maximum absolute atomic E-state index is 10.9. The van der Waals surface area contributed by atoms with E-state index in [4.69, 9.17) is 5.11 Å². The first-order valence-electron chi connectivity index (χ1n) is 5.78. The lowest BCUT2D eigenvalue weighted by Crippen LogP contribution is -1.94. The first-order chi connectivity index (χ1) is 9.04. The highest BCUT2D eigenvalue weighted by atomic mass is 16.4. The fraction of sp³-hybridized carbons (Fsp3) is 0.154. The van der Waals surface area contributed by atoms with Crippen LogP contribution in [0.1, 0.15) is 16.1 Å². The van der Waals surface area contributed by atoms with Crippen LogP contribution < -0.4 is 0 Å². The monoisotopic (exact) mass is 256 g/mol. The van der Waals surface area contributed by atoms with Gasteiger partial charge in [0.1, 0.15) is 5.82 Å². The Hall–Kier alpha value is -2.63. The van der Waals surface area contributed by atoms with Gasteiger partial charge in [-0.1, -0.05) is 0 Å². The van der Waals surface area contributed by atoms with Gasteiger partial charge in [-0.2, -0.15) is 5.10 Å². The van der Waals surface area contributed by atoms with Crippen molar-refractivity contribution >= 4 is 17.0 Å². The molecule has 0 atom stereocenters. The van der Waals surface area contributed by atoms with Gasteiger partial charge in [0.05, 0.1) is 27.9 Å². The summed E-state index contributed by atoms with van der Waals surface area (Å²) in [6, 6.07) is 4.83. The van der Waals surface area contributed by atoms with Gasteiger partial charge in [0.25, 0.3) is 0 Å². The van der Waals surface area contributed by atoms with Crippen LogP contribution in [0.3, 0.4) is 0 Å². The zero-order valence-electron chi connectivity index (χ0n) is 10.5. The Bertz CT molecular complexity index is 785. The van der Waals surface area contributed by atoms with Gasteiger partial charge in [0.2, 0.25) is 0 Å². The predicted octanol–water partition coefficient (Wildman–Crippen LogP) is 1.97. The topological polar surface area (TPSA) is 83.8 Å². The van der Waals surface area contributed by atoms with Crippen molar-refractivity contribution in [3.63, 3.8) is 0 Å². The number of imidazole rings is 1. The molecule has 0 bridgehead atoms. The van der Waals surface area contributed by atoms with E-state index in [1.807, 2.05) is 20.2 Å². The molecule has 1 aromatic carbocycles. The first-order valence-corrected chi connectivity index (χ1v) is 5.78. The average molecular weight is 256 g/mol. The maximum atomic E-state index is 10.9. The van der Waals surface area contributed by atoms with Crippen molar-refractivity contribution in [2.45, 2.75) is 6.92 Å². The molecule has 2 aromatic heterocycles. The SMILES string of the molecule is Cc1nn(C)cc1-c1nc2ccc(C(=O)O)cc2[nH]1. The van der Waals surface area contributed by atoms with E-state index in [0.29, 0.717) is 11.3 Å². The van der Waals surface area contributed by atoms with E-state index in [1.165, 1.54) is 0 Å². The normalized spacial score (nSPS) is 11.1. The molecule has 0 fully saturated rings. The number of carboxylic acids is 1. The number of aromatic nitrogens is 4. The number of aromatic amines is 1. The van der Waals surface area contributed by atoms with Crippen molar-refractivity contribution in [3.8, 4) is 11.4 Å². The van der Waals surface area contributed by atoms with Gasteiger partial charge < -0.3 is 10.1 Å². The molecule has 3 rings (SSSR count). The highest BCUT2D eigenvalue weighted by Crippen LogP contribution is 2.23. The second-order valence-corrected chi connectivity index (χ2v) is 4.42. The Morgan fingerprint density at radius 2 is 2.21 bits per heavy atom. The molecule has 3 aromatic rings. The van der Waals surface area contributed by atoms with Gasteiger partial charge in [0.15, 0.2) is 0 Å². The smallest absolute Gasteiger partial charge is 0.335 e. The molecule has 0 radical (unpaired) electrons. The number of nitrogens with zero attached hydrogens (tertiary/aromatic N) is 3. The largest absolute Gasteiger partial charge is 0.478 e. The van der Waals surface area contributed by atoms with Crippen LogP contribution in [0.15, 0.2) is 24.4 Å². The van der Waals surface area contributed by atoms with E-state index in [1.54, 1.807) is 22.9 Å². The van der Waals surface area contributed by atoms with Crippen molar-refractivity contribution in [2.75, 3.05) is 0 Å². The molecule has 6 heteroatoms. The second kappa shape index (κ2) is 3.94. The summed E-state index contributed by atoms with van der Waals surface area (Å²) in [5, 5.41) is 13.2. The molecule has 0 aliphatic carbocycles. The molecular formula is C13H12N4O2. The van der Waals surface area contributed by atoms with E-state index in [9.17, 15) is 4.79 Å². The fourth-order valence-corrected chi connectivity index (χ4v) is 2.10. The first kappa shape index (κ1) is 11.5. The van der Waals surface area contributed by atoms with Crippen molar-refractivity contribution in [1.82, 2.24) is 19.7 Å². The summed E-state index contributed by atoms with van der Waals surface area (Å²) in [6.07, 6.45) is 1.88.